The zero-order chi connectivity index (χ0) is 13.0. The van der Waals surface area contributed by atoms with Gasteiger partial charge in [0.2, 0.25) is 0 Å². The fourth-order valence-corrected chi connectivity index (χ4v) is 2.45. The van der Waals surface area contributed by atoms with Gasteiger partial charge in [0.15, 0.2) is 0 Å². The Balaban J connectivity index is 2.07. The van der Waals surface area contributed by atoms with E-state index in [0.717, 1.165) is 10.6 Å². The zero-order valence-corrected chi connectivity index (χ0v) is 10.9. The van der Waals surface area contributed by atoms with Gasteiger partial charge in [-0.2, -0.15) is 0 Å². The quantitative estimate of drug-likeness (QED) is 0.513. The van der Waals surface area contributed by atoms with E-state index in [1.54, 1.807) is 24.3 Å². The van der Waals surface area contributed by atoms with Gasteiger partial charge in [-0.05, 0) is 36.4 Å². The Labute approximate surface area is 114 Å². The van der Waals surface area contributed by atoms with Crippen LogP contribution in [0.5, 0.6) is 0 Å². The van der Waals surface area contributed by atoms with Crippen LogP contribution in [0.2, 0.25) is 5.02 Å². The van der Waals surface area contributed by atoms with Crippen molar-refractivity contribution >= 4 is 29.2 Å². The number of hydrazine groups is 1. The number of nitrogens with zero attached hydrogens (tertiary/aromatic N) is 1. The second-order valence-corrected chi connectivity index (χ2v) is 4.97. The van der Waals surface area contributed by atoms with Crippen molar-refractivity contribution in [2.24, 2.45) is 5.84 Å². The van der Waals surface area contributed by atoms with Crippen molar-refractivity contribution in [2.75, 3.05) is 5.43 Å². The minimum atomic E-state index is -0.246. The first-order chi connectivity index (χ1) is 8.69. The lowest BCUT2D eigenvalue weighted by molar-refractivity contribution is 0.626. The van der Waals surface area contributed by atoms with Gasteiger partial charge in [-0.1, -0.05) is 11.6 Å². The first kappa shape index (κ1) is 13.1. The van der Waals surface area contributed by atoms with Crippen molar-refractivity contribution in [1.29, 1.82) is 0 Å². The summed E-state index contributed by atoms with van der Waals surface area (Å²) >= 11 is 7.57. The van der Waals surface area contributed by atoms with E-state index in [-0.39, 0.29) is 5.82 Å². The SMILES string of the molecule is NNc1ccc(Cl)c(CSc2ccc(F)cc2)n1. The number of benzene rings is 1. The van der Waals surface area contributed by atoms with Crippen LogP contribution in [0, 0.1) is 5.82 Å². The third-order valence-electron chi connectivity index (χ3n) is 2.26. The molecule has 3 nitrogen and oxygen atoms in total. The number of halogens is 2. The molecule has 0 atom stereocenters. The van der Waals surface area contributed by atoms with E-state index in [1.807, 2.05) is 0 Å². The molecule has 0 saturated heterocycles. The van der Waals surface area contributed by atoms with Gasteiger partial charge in [-0.25, -0.2) is 15.2 Å². The second-order valence-electron chi connectivity index (χ2n) is 3.51. The zero-order valence-electron chi connectivity index (χ0n) is 9.36. The van der Waals surface area contributed by atoms with E-state index >= 15 is 0 Å². The predicted octanol–water partition coefficient (Wildman–Crippen LogP) is 3.45. The molecule has 2 aromatic rings. The maximum Gasteiger partial charge on any atom is 0.140 e. The summed E-state index contributed by atoms with van der Waals surface area (Å²) in [5, 5.41) is 0.587. The Kier molecular flexibility index (Phi) is 4.41. The van der Waals surface area contributed by atoms with Gasteiger partial charge >= 0.3 is 0 Å². The second kappa shape index (κ2) is 6.04. The van der Waals surface area contributed by atoms with Gasteiger partial charge in [0.1, 0.15) is 11.6 Å². The van der Waals surface area contributed by atoms with E-state index in [0.29, 0.717) is 16.6 Å². The maximum atomic E-state index is 12.7. The van der Waals surface area contributed by atoms with Crippen molar-refractivity contribution < 1.29 is 4.39 Å². The van der Waals surface area contributed by atoms with Gasteiger partial charge in [-0.3, -0.25) is 0 Å². The van der Waals surface area contributed by atoms with E-state index in [1.165, 1.54) is 23.9 Å². The monoisotopic (exact) mass is 283 g/mol. The van der Waals surface area contributed by atoms with Crippen LogP contribution in [0.4, 0.5) is 10.2 Å². The Morgan fingerprint density at radius 1 is 1.22 bits per heavy atom. The van der Waals surface area contributed by atoms with Crippen molar-refractivity contribution in [1.82, 2.24) is 4.98 Å². The third kappa shape index (κ3) is 3.35. The average Bonchev–Trinajstić information content (AvgIpc) is 2.40. The summed E-state index contributed by atoms with van der Waals surface area (Å²) in [5.74, 6) is 6.20. The van der Waals surface area contributed by atoms with Gasteiger partial charge in [0, 0.05) is 10.6 Å². The highest BCUT2D eigenvalue weighted by Gasteiger charge is 2.05. The molecular weight excluding hydrogens is 273 g/mol. The first-order valence-electron chi connectivity index (χ1n) is 5.19. The third-order valence-corrected chi connectivity index (χ3v) is 3.62. The fourth-order valence-electron chi connectivity index (χ4n) is 1.35. The molecule has 0 radical (unpaired) electrons. The molecule has 0 bridgehead atoms. The van der Waals surface area contributed by atoms with Crippen LogP contribution in [0.15, 0.2) is 41.3 Å². The van der Waals surface area contributed by atoms with Gasteiger partial charge in [0.25, 0.3) is 0 Å². The highest BCUT2D eigenvalue weighted by atomic mass is 35.5. The number of thioether (sulfide) groups is 1. The molecule has 0 aliphatic heterocycles. The van der Waals surface area contributed by atoms with E-state index in [2.05, 4.69) is 10.4 Å². The Morgan fingerprint density at radius 2 is 1.94 bits per heavy atom. The number of aromatic nitrogens is 1. The molecule has 0 saturated carbocycles. The largest absolute Gasteiger partial charge is 0.308 e. The molecule has 2 rings (SSSR count). The summed E-state index contributed by atoms with van der Waals surface area (Å²) in [4.78, 5) is 5.22. The highest BCUT2D eigenvalue weighted by molar-refractivity contribution is 7.98. The summed E-state index contributed by atoms with van der Waals surface area (Å²) in [6.07, 6.45) is 0. The summed E-state index contributed by atoms with van der Waals surface area (Å²) in [5.41, 5.74) is 3.21. The summed E-state index contributed by atoms with van der Waals surface area (Å²) in [6, 6.07) is 9.74. The molecule has 0 spiro atoms. The van der Waals surface area contributed by atoms with Crippen LogP contribution < -0.4 is 11.3 Å². The molecule has 1 aromatic heterocycles. The Morgan fingerprint density at radius 3 is 2.61 bits per heavy atom. The lowest BCUT2D eigenvalue weighted by Gasteiger charge is -2.06. The Hall–Kier alpha value is -1.30. The molecule has 1 aromatic carbocycles. The number of pyridine rings is 1. The first-order valence-corrected chi connectivity index (χ1v) is 6.56. The fraction of sp³-hybridized carbons (Fsp3) is 0.0833. The molecule has 1 heterocycles. The summed E-state index contributed by atoms with van der Waals surface area (Å²) < 4.78 is 12.7. The molecule has 0 unspecified atom stereocenters. The molecule has 0 aliphatic rings. The topological polar surface area (TPSA) is 50.9 Å². The maximum absolute atomic E-state index is 12.7. The van der Waals surface area contributed by atoms with Crippen molar-refractivity contribution in [3.05, 3.63) is 52.9 Å². The molecule has 6 heteroatoms. The molecule has 0 fully saturated rings. The van der Waals surface area contributed by atoms with E-state index in [4.69, 9.17) is 17.4 Å². The lowest BCUT2D eigenvalue weighted by Crippen LogP contribution is -2.09. The molecule has 0 amide bonds. The number of anilines is 1. The molecule has 18 heavy (non-hydrogen) atoms. The number of hydrogen-bond acceptors (Lipinski definition) is 4. The number of nitrogens with two attached hydrogens (primary N) is 1. The predicted molar refractivity (Wildman–Crippen MR) is 73.0 cm³/mol. The number of nitrogens with one attached hydrogen (secondary N) is 1. The molecular formula is C12H11ClFN3S. The minimum Gasteiger partial charge on any atom is -0.308 e. The average molecular weight is 284 g/mol. The van der Waals surface area contributed by atoms with Gasteiger partial charge in [-0.15, -0.1) is 11.8 Å². The highest BCUT2D eigenvalue weighted by Crippen LogP contribution is 2.26. The molecule has 3 N–H and O–H groups in total. The van der Waals surface area contributed by atoms with Gasteiger partial charge in [0.05, 0.1) is 10.7 Å². The van der Waals surface area contributed by atoms with Crippen LogP contribution in [0.1, 0.15) is 5.69 Å². The number of rotatable bonds is 4. The van der Waals surface area contributed by atoms with Crippen LogP contribution in [-0.4, -0.2) is 4.98 Å². The smallest absolute Gasteiger partial charge is 0.140 e. The number of nitrogen functional groups attached to an aromatic ring is 1. The lowest BCUT2D eigenvalue weighted by atomic mass is 10.3. The molecule has 0 aliphatic carbocycles. The molecule has 94 valence electrons. The van der Waals surface area contributed by atoms with Crippen molar-refractivity contribution in [2.45, 2.75) is 10.6 Å². The Bertz CT molecular complexity index is 533. The van der Waals surface area contributed by atoms with Crippen LogP contribution in [0.3, 0.4) is 0 Å². The van der Waals surface area contributed by atoms with Crippen molar-refractivity contribution in [3.63, 3.8) is 0 Å². The van der Waals surface area contributed by atoms with Gasteiger partial charge < -0.3 is 5.43 Å². The number of hydrogen-bond donors (Lipinski definition) is 2. The van der Waals surface area contributed by atoms with E-state index in [9.17, 15) is 4.39 Å². The summed E-state index contributed by atoms with van der Waals surface area (Å²) in [7, 11) is 0. The van der Waals surface area contributed by atoms with E-state index < -0.39 is 0 Å². The summed E-state index contributed by atoms with van der Waals surface area (Å²) in [6.45, 7) is 0. The van der Waals surface area contributed by atoms with Crippen LogP contribution in [-0.2, 0) is 5.75 Å². The normalized spacial score (nSPS) is 10.4. The van der Waals surface area contributed by atoms with Crippen molar-refractivity contribution in [3.8, 4) is 0 Å². The van der Waals surface area contributed by atoms with Crippen LogP contribution in [0.25, 0.3) is 0 Å². The van der Waals surface area contributed by atoms with Crippen LogP contribution >= 0.6 is 23.4 Å². The minimum absolute atomic E-state index is 0.246. The standard InChI is InChI=1S/C12H11ClFN3S/c13-10-5-6-12(17-15)16-11(10)7-18-9-3-1-8(14)2-4-9/h1-6H,7,15H2,(H,16,17).